The normalized spacial score (nSPS) is 15.6. The molecule has 2 fully saturated rings. The molecule has 1 aliphatic heterocycles. The van der Waals surface area contributed by atoms with Crippen molar-refractivity contribution in [3.05, 3.63) is 100 Å². The number of nitrogens with zero attached hydrogens (tertiary/aromatic N) is 2. The molecule has 43 heavy (non-hydrogen) atoms. The zero-order valence-electron chi connectivity index (χ0n) is 25.1. The summed E-state index contributed by atoms with van der Waals surface area (Å²) in [5, 5.41) is 14.6. The van der Waals surface area contributed by atoms with E-state index in [1.807, 2.05) is 68.5 Å². The fraction of sp³-hybridized carbons (Fsp3) is 0.353. The summed E-state index contributed by atoms with van der Waals surface area (Å²) in [7, 11) is 4.00. The summed E-state index contributed by atoms with van der Waals surface area (Å²) in [6, 6.07) is 18.3. The van der Waals surface area contributed by atoms with Crippen molar-refractivity contribution in [1.29, 1.82) is 5.41 Å². The second kappa shape index (κ2) is 15.0. The topological polar surface area (TPSA) is 80.7 Å². The number of anilines is 2. The van der Waals surface area contributed by atoms with Gasteiger partial charge < -0.3 is 30.6 Å². The van der Waals surface area contributed by atoms with Crippen LogP contribution < -0.4 is 15.4 Å². The summed E-state index contributed by atoms with van der Waals surface area (Å²) in [5.41, 5.74) is 3.55. The number of ether oxygens (including phenoxy) is 1. The van der Waals surface area contributed by atoms with E-state index < -0.39 is 0 Å². The summed E-state index contributed by atoms with van der Waals surface area (Å²) in [6.45, 7) is 6.07. The predicted molar refractivity (Wildman–Crippen MR) is 174 cm³/mol. The molecule has 0 atom stereocenters. The number of aldehydes is 1. The van der Waals surface area contributed by atoms with E-state index in [0.717, 1.165) is 50.0 Å². The predicted octanol–water partition coefficient (Wildman–Crippen LogP) is 6.94. The van der Waals surface area contributed by atoms with Gasteiger partial charge in [0.2, 0.25) is 0 Å². The average molecular weight is 606 g/mol. The first-order valence-corrected chi connectivity index (χ1v) is 14.9. The van der Waals surface area contributed by atoms with Gasteiger partial charge in [0.1, 0.15) is 11.6 Å². The summed E-state index contributed by atoms with van der Waals surface area (Å²) in [5.74, 6) is 0.322. The quantitative estimate of drug-likeness (QED) is 0.153. The first kappa shape index (κ1) is 32.0. The van der Waals surface area contributed by atoms with Gasteiger partial charge in [-0.3, -0.25) is 4.79 Å². The minimum atomic E-state index is -0.359. The number of benzene rings is 3. The van der Waals surface area contributed by atoms with Crippen molar-refractivity contribution in [2.75, 3.05) is 50.9 Å². The van der Waals surface area contributed by atoms with Crippen LogP contribution in [0.1, 0.15) is 41.3 Å². The van der Waals surface area contributed by atoms with Gasteiger partial charge in [-0.25, -0.2) is 4.39 Å². The Morgan fingerprint density at radius 1 is 1.07 bits per heavy atom. The van der Waals surface area contributed by atoms with Gasteiger partial charge in [-0.2, -0.15) is 0 Å². The maximum Gasteiger partial charge on any atom is 0.151 e. The van der Waals surface area contributed by atoms with Gasteiger partial charge >= 0.3 is 0 Å². The van der Waals surface area contributed by atoms with E-state index in [4.69, 9.17) is 21.7 Å². The number of allylic oxidation sites excluding steroid dienone is 1. The molecule has 1 heterocycles. The monoisotopic (exact) mass is 605 g/mol. The second-order valence-electron chi connectivity index (χ2n) is 11.4. The van der Waals surface area contributed by atoms with Gasteiger partial charge in [0.05, 0.1) is 16.8 Å². The molecule has 9 heteroatoms. The van der Waals surface area contributed by atoms with Crippen LogP contribution in [0.3, 0.4) is 0 Å². The lowest BCUT2D eigenvalue weighted by molar-refractivity contribution is -0.117. The van der Waals surface area contributed by atoms with Crippen molar-refractivity contribution in [3.63, 3.8) is 0 Å². The Kier molecular flexibility index (Phi) is 11.2. The third kappa shape index (κ3) is 8.81. The molecule has 0 unspecified atom stereocenters. The number of hydrogen-bond acceptors (Lipinski definition) is 7. The first-order valence-electron chi connectivity index (χ1n) is 14.5. The van der Waals surface area contributed by atoms with Gasteiger partial charge in [0.25, 0.3) is 0 Å². The minimum absolute atomic E-state index is 0.157. The number of likely N-dealkylation sites (tertiary alicyclic amines) is 1. The van der Waals surface area contributed by atoms with E-state index in [1.165, 1.54) is 12.3 Å². The van der Waals surface area contributed by atoms with E-state index in [1.54, 1.807) is 24.3 Å². The maximum absolute atomic E-state index is 14.6. The van der Waals surface area contributed by atoms with Crippen LogP contribution in [0.4, 0.5) is 15.8 Å². The van der Waals surface area contributed by atoms with Crippen LogP contribution in [0, 0.1) is 16.6 Å². The Labute approximate surface area is 259 Å². The molecule has 7 nitrogen and oxygen atoms in total. The highest BCUT2D eigenvalue weighted by atomic mass is 35.5. The number of carbonyl (C=O) groups excluding carboxylic acids is 1. The fourth-order valence-corrected chi connectivity index (χ4v) is 5.78. The Balaban J connectivity index is 0.000000641. The smallest absolute Gasteiger partial charge is 0.151 e. The molecule has 1 saturated carbocycles. The molecular formula is C34H41ClFN5O2. The van der Waals surface area contributed by atoms with Crippen LogP contribution in [-0.2, 0) is 6.54 Å². The molecule has 0 aromatic heterocycles. The third-order valence-electron chi connectivity index (χ3n) is 7.65. The molecule has 1 saturated heterocycles. The number of hydrogen-bond donors (Lipinski definition) is 3. The van der Waals surface area contributed by atoms with Crippen LogP contribution in [0.2, 0.25) is 5.02 Å². The Morgan fingerprint density at radius 2 is 1.81 bits per heavy atom. The fourth-order valence-electron chi connectivity index (χ4n) is 5.62. The molecule has 0 amide bonds. The van der Waals surface area contributed by atoms with Crippen molar-refractivity contribution >= 4 is 35.5 Å². The number of nitrogens with one attached hydrogen (secondary N) is 3. The SMILES string of the molecule is C/C=C\N(C)C.N=Cc1cc(F)c(NCCN2CC3(CC(Oc4ccc(Cl)c(C=O)c4)C3)C2)cc1NCc1ccccc1. The highest BCUT2D eigenvalue weighted by molar-refractivity contribution is 6.33. The summed E-state index contributed by atoms with van der Waals surface area (Å²) in [6.07, 6.45) is 8.05. The first-order chi connectivity index (χ1) is 20.7. The highest BCUT2D eigenvalue weighted by Gasteiger charge is 2.53. The standard InChI is InChI=1S/C29H30ClFN4O2.C5H11N/c30-25-7-6-23(10-22(25)17-36)37-24-13-29(14-24)18-35(19-29)9-8-33-28-12-27(21(15-32)11-26(28)31)34-16-20-4-2-1-3-5-20;1-4-5-6(2)3/h1-7,10-12,15,17,24,32-34H,8-9,13-14,16,18-19H2;4-5H,1-3H3/b;5-4-. The molecule has 2 aliphatic rings. The second-order valence-corrected chi connectivity index (χ2v) is 11.8. The van der Waals surface area contributed by atoms with E-state index in [9.17, 15) is 9.18 Å². The maximum atomic E-state index is 14.6. The highest BCUT2D eigenvalue weighted by Crippen LogP contribution is 2.49. The molecule has 1 aliphatic carbocycles. The van der Waals surface area contributed by atoms with Crippen LogP contribution in [0.5, 0.6) is 5.75 Å². The molecule has 228 valence electrons. The molecule has 3 N–H and O–H groups in total. The largest absolute Gasteiger partial charge is 0.490 e. The van der Waals surface area contributed by atoms with Gasteiger partial charge in [0.15, 0.2) is 6.29 Å². The molecule has 5 rings (SSSR count). The van der Waals surface area contributed by atoms with E-state index in [2.05, 4.69) is 15.5 Å². The summed E-state index contributed by atoms with van der Waals surface area (Å²) in [4.78, 5) is 15.5. The van der Waals surface area contributed by atoms with Crippen LogP contribution in [0.25, 0.3) is 0 Å². The van der Waals surface area contributed by atoms with Crippen molar-refractivity contribution < 1.29 is 13.9 Å². The lowest BCUT2D eigenvalue weighted by Crippen LogP contribution is -2.65. The lowest BCUT2D eigenvalue weighted by atomic mass is 9.62. The zero-order valence-corrected chi connectivity index (χ0v) is 25.8. The molecular weight excluding hydrogens is 565 g/mol. The van der Waals surface area contributed by atoms with Gasteiger partial charge in [-0.1, -0.05) is 48.0 Å². The van der Waals surface area contributed by atoms with Crippen molar-refractivity contribution in [3.8, 4) is 5.75 Å². The van der Waals surface area contributed by atoms with E-state index in [0.29, 0.717) is 46.1 Å². The molecule has 1 spiro atoms. The zero-order chi connectivity index (χ0) is 30.8. The number of halogens is 2. The molecule has 3 aromatic rings. The van der Waals surface area contributed by atoms with Crippen molar-refractivity contribution in [2.24, 2.45) is 5.41 Å². The summed E-state index contributed by atoms with van der Waals surface area (Å²) >= 11 is 5.99. The van der Waals surface area contributed by atoms with Gasteiger partial charge in [-0.05, 0) is 61.9 Å². The minimum Gasteiger partial charge on any atom is -0.490 e. The molecule has 3 aromatic carbocycles. The number of rotatable bonds is 12. The van der Waals surface area contributed by atoms with Gasteiger partial charge in [-0.15, -0.1) is 0 Å². The third-order valence-corrected chi connectivity index (χ3v) is 7.99. The van der Waals surface area contributed by atoms with Crippen molar-refractivity contribution in [2.45, 2.75) is 32.4 Å². The Hall–Kier alpha value is -3.88. The van der Waals surface area contributed by atoms with Crippen molar-refractivity contribution in [1.82, 2.24) is 9.80 Å². The molecule has 0 radical (unpaired) electrons. The molecule has 0 bridgehead atoms. The summed E-state index contributed by atoms with van der Waals surface area (Å²) < 4.78 is 20.7. The Bertz CT molecular complexity index is 1400. The number of carbonyl (C=O) groups is 1. The van der Waals surface area contributed by atoms with E-state index in [-0.39, 0.29) is 11.9 Å². The van der Waals surface area contributed by atoms with Crippen LogP contribution >= 0.6 is 11.6 Å². The van der Waals surface area contributed by atoms with E-state index >= 15 is 0 Å². The average Bonchev–Trinajstić information content (AvgIpc) is 2.96. The lowest BCUT2D eigenvalue weighted by Gasteiger charge is -2.58. The van der Waals surface area contributed by atoms with Gasteiger partial charge in [0, 0.05) is 75.3 Å². The van der Waals surface area contributed by atoms with Crippen LogP contribution in [-0.4, -0.2) is 68.7 Å². The Morgan fingerprint density at radius 3 is 2.44 bits per heavy atom. The van der Waals surface area contributed by atoms with Crippen LogP contribution in [0.15, 0.2) is 72.9 Å².